The number of nitrogen functional groups attached to an aromatic ring is 1. The summed E-state index contributed by atoms with van der Waals surface area (Å²) in [5, 5.41) is 4.89. The minimum atomic E-state index is -3.41. The Morgan fingerprint density at radius 1 is 1.32 bits per heavy atom. The molecule has 4 N–H and O–H groups in total. The molecule has 1 aliphatic heterocycles. The van der Waals surface area contributed by atoms with Gasteiger partial charge in [-0.1, -0.05) is 32.2 Å². The van der Waals surface area contributed by atoms with Gasteiger partial charge in [-0.05, 0) is 30.5 Å². The van der Waals surface area contributed by atoms with Crippen LogP contribution in [-0.4, -0.2) is 59.8 Å². The van der Waals surface area contributed by atoms with Crippen molar-refractivity contribution in [3.8, 4) is 11.5 Å². The molecular weight excluding hydrogens is 516 g/mol. The fourth-order valence-corrected chi connectivity index (χ4v) is 5.94. The predicted molar refractivity (Wildman–Crippen MR) is 143 cm³/mol. The molecule has 0 saturated carbocycles. The average molecular weight is 547 g/mol. The van der Waals surface area contributed by atoms with E-state index in [9.17, 15) is 8.42 Å². The van der Waals surface area contributed by atoms with Gasteiger partial charge in [-0.2, -0.15) is 5.10 Å². The van der Waals surface area contributed by atoms with Crippen LogP contribution in [0.1, 0.15) is 25.8 Å². The first-order valence-corrected chi connectivity index (χ1v) is 14.1. The number of nitrogens with zero attached hydrogens (tertiary/aromatic N) is 5. The smallest absolute Gasteiger partial charge is 0.231 e. The summed E-state index contributed by atoms with van der Waals surface area (Å²) in [5.41, 5.74) is 11.2. The van der Waals surface area contributed by atoms with Gasteiger partial charge < -0.3 is 25.2 Å². The summed E-state index contributed by atoms with van der Waals surface area (Å²) in [6.07, 6.45) is 3.36. The molecule has 0 radical (unpaired) electrons. The van der Waals surface area contributed by atoms with Crippen molar-refractivity contribution in [3.05, 3.63) is 36.7 Å². The number of aryl methyl sites for hydroxylation is 1. The van der Waals surface area contributed by atoms with Crippen molar-refractivity contribution >= 4 is 44.5 Å². The van der Waals surface area contributed by atoms with Gasteiger partial charge in [0.25, 0.3) is 0 Å². The van der Waals surface area contributed by atoms with Crippen molar-refractivity contribution in [1.82, 2.24) is 29.7 Å². The van der Waals surface area contributed by atoms with E-state index in [4.69, 9.17) is 20.2 Å². The summed E-state index contributed by atoms with van der Waals surface area (Å²) in [4.78, 5) is 13.9. The number of benzene rings is 1. The number of ether oxygens (including phenoxy) is 2. The van der Waals surface area contributed by atoms with Crippen LogP contribution in [-0.2, 0) is 16.6 Å². The third kappa shape index (κ3) is 6.14. The number of imidazole rings is 1. The molecule has 14 heteroatoms. The van der Waals surface area contributed by atoms with Crippen LogP contribution in [0.2, 0.25) is 0 Å². The topological polar surface area (TPSA) is 159 Å². The van der Waals surface area contributed by atoms with E-state index in [1.165, 1.54) is 18.1 Å². The molecule has 3 aromatic rings. The summed E-state index contributed by atoms with van der Waals surface area (Å²) in [6, 6.07) is 3.70. The van der Waals surface area contributed by atoms with Crippen molar-refractivity contribution in [2.75, 3.05) is 31.9 Å². The molecule has 0 atom stereocenters. The number of hydrogen-bond donors (Lipinski definition) is 3. The normalized spacial score (nSPS) is 13.5. The number of anilines is 1. The van der Waals surface area contributed by atoms with Crippen LogP contribution < -0.4 is 25.4 Å². The molecule has 1 aromatic carbocycles. The molecular formula is C23H30N8O4S2. The van der Waals surface area contributed by atoms with Gasteiger partial charge in [0.05, 0.1) is 11.5 Å². The Morgan fingerprint density at radius 3 is 2.78 bits per heavy atom. The standard InChI is InChI=1S/C23H30N8O4S2/c1-5-16(30-25-4)15-9-17-18(35-13-34-17)10-19(15)36-23-29-20-21(24)26-12-27-22(20)31(23)7-6-8-37(32,33)28-11-14(2)3/h5,9-10,12,14,25,28H,1,6-8,11,13H2,2-4H3,(H2,24,26,27)/b30-16+. The predicted octanol–water partition coefficient (Wildman–Crippen LogP) is 2.36. The SMILES string of the molecule is C=C/C(=N\NC)c1cc2c(cc1Sc1nc3c(N)ncnc3n1CCCS(=O)(=O)NCC(C)C)OCO2. The zero-order chi connectivity index (χ0) is 26.6. The average Bonchev–Trinajstić information content (AvgIpc) is 3.46. The highest BCUT2D eigenvalue weighted by Crippen LogP contribution is 2.41. The minimum Gasteiger partial charge on any atom is -0.454 e. The van der Waals surface area contributed by atoms with Crippen LogP contribution >= 0.6 is 11.8 Å². The van der Waals surface area contributed by atoms with Crippen LogP contribution in [0, 0.1) is 5.92 Å². The molecule has 4 rings (SSSR count). The Kier molecular flexibility index (Phi) is 8.19. The van der Waals surface area contributed by atoms with E-state index < -0.39 is 10.0 Å². The number of hydrazone groups is 1. The van der Waals surface area contributed by atoms with Gasteiger partial charge in [0.15, 0.2) is 33.6 Å². The Morgan fingerprint density at radius 2 is 2.08 bits per heavy atom. The number of fused-ring (bicyclic) bond motifs is 2. The molecule has 0 fully saturated rings. The number of nitrogens with two attached hydrogens (primary N) is 1. The molecule has 0 bridgehead atoms. The summed E-state index contributed by atoms with van der Waals surface area (Å²) >= 11 is 1.35. The number of aromatic nitrogens is 4. The van der Waals surface area contributed by atoms with Crippen LogP contribution in [0.3, 0.4) is 0 Å². The van der Waals surface area contributed by atoms with Gasteiger partial charge in [-0.15, -0.1) is 0 Å². The number of allylic oxidation sites excluding steroid dienone is 1. The molecule has 198 valence electrons. The van der Waals surface area contributed by atoms with Gasteiger partial charge >= 0.3 is 0 Å². The first kappa shape index (κ1) is 26.7. The van der Waals surface area contributed by atoms with Gasteiger partial charge in [0.1, 0.15) is 6.33 Å². The van der Waals surface area contributed by atoms with Crippen molar-refractivity contribution in [2.45, 2.75) is 36.9 Å². The second kappa shape index (κ2) is 11.4. The summed E-state index contributed by atoms with van der Waals surface area (Å²) in [6.45, 7) is 8.67. The van der Waals surface area contributed by atoms with Gasteiger partial charge in [-0.3, -0.25) is 0 Å². The van der Waals surface area contributed by atoms with Crippen LogP contribution in [0.25, 0.3) is 11.2 Å². The molecule has 2 aromatic heterocycles. The molecule has 0 saturated heterocycles. The lowest BCUT2D eigenvalue weighted by Gasteiger charge is -2.13. The van der Waals surface area contributed by atoms with Crippen molar-refractivity contribution < 1.29 is 17.9 Å². The Labute approximate surface area is 219 Å². The second-order valence-corrected chi connectivity index (χ2v) is 11.6. The van der Waals surface area contributed by atoms with Gasteiger partial charge in [0, 0.05) is 30.6 Å². The van der Waals surface area contributed by atoms with E-state index in [-0.39, 0.29) is 24.3 Å². The van der Waals surface area contributed by atoms with Gasteiger partial charge in [0.2, 0.25) is 16.8 Å². The van der Waals surface area contributed by atoms with E-state index >= 15 is 0 Å². The monoisotopic (exact) mass is 546 g/mol. The molecule has 0 amide bonds. The number of nitrogens with one attached hydrogen (secondary N) is 2. The molecule has 0 aliphatic carbocycles. The maximum atomic E-state index is 12.4. The van der Waals surface area contributed by atoms with E-state index in [0.29, 0.717) is 53.0 Å². The third-order valence-electron chi connectivity index (χ3n) is 5.41. The molecule has 0 spiro atoms. The Hall–Kier alpha value is -3.36. The van der Waals surface area contributed by atoms with Crippen LogP contribution in [0.15, 0.2) is 46.3 Å². The maximum absolute atomic E-state index is 12.4. The highest BCUT2D eigenvalue weighted by atomic mass is 32.2. The zero-order valence-corrected chi connectivity index (χ0v) is 22.5. The lowest BCUT2D eigenvalue weighted by molar-refractivity contribution is 0.174. The second-order valence-electron chi connectivity index (χ2n) is 8.62. The zero-order valence-electron chi connectivity index (χ0n) is 20.9. The van der Waals surface area contributed by atoms with Crippen molar-refractivity contribution in [3.63, 3.8) is 0 Å². The van der Waals surface area contributed by atoms with E-state index in [2.05, 4.69) is 31.8 Å². The molecule has 0 unspecified atom stereocenters. The maximum Gasteiger partial charge on any atom is 0.231 e. The van der Waals surface area contributed by atoms with Gasteiger partial charge in [-0.25, -0.2) is 28.1 Å². The largest absolute Gasteiger partial charge is 0.454 e. The summed E-state index contributed by atoms with van der Waals surface area (Å²) in [5.74, 6) is 1.63. The quantitative estimate of drug-likeness (QED) is 0.227. The van der Waals surface area contributed by atoms with Crippen molar-refractivity contribution in [1.29, 1.82) is 0 Å². The number of hydrogen-bond acceptors (Lipinski definition) is 11. The number of sulfonamides is 1. The summed E-state index contributed by atoms with van der Waals surface area (Å²) < 4.78 is 40.5. The lowest BCUT2D eigenvalue weighted by Crippen LogP contribution is -2.30. The lowest BCUT2D eigenvalue weighted by atomic mass is 10.1. The fraction of sp³-hybridized carbons (Fsp3) is 0.391. The molecule has 3 heterocycles. The van der Waals surface area contributed by atoms with Crippen molar-refractivity contribution in [2.24, 2.45) is 11.0 Å². The van der Waals surface area contributed by atoms with Crippen LogP contribution in [0.5, 0.6) is 11.5 Å². The third-order valence-corrected chi connectivity index (χ3v) is 7.89. The molecule has 12 nitrogen and oxygen atoms in total. The first-order valence-electron chi connectivity index (χ1n) is 11.6. The van der Waals surface area contributed by atoms with E-state index in [1.54, 1.807) is 13.1 Å². The van der Waals surface area contributed by atoms with E-state index in [0.717, 1.165) is 10.5 Å². The molecule has 1 aliphatic rings. The Bertz CT molecular complexity index is 1440. The summed E-state index contributed by atoms with van der Waals surface area (Å²) in [7, 11) is -1.71. The molecule has 37 heavy (non-hydrogen) atoms. The fourth-order valence-electron chi connectivity index (χ4n) is 3.63. The minimum absolute atomic E-state index is 0.0330. The highest BCUT2D eigenvalue weighted by molar-refractivity contribution is 7.99. The van der Waals surface area contributed by atoms with E-state index in [1.807, 2.05) is 30.5 Å². The number of rotatable bonds is 12. The highest BCUT2D eigenvalue weighted by Gasteiger charge is 2.23. The Balaban J connectivity index is 1.69. The van der Waals surface area contributed by atoms with Crippen LogP contribution in [0.4, 0.5) is 5.82 Å². The first-order chi connectivity index (χ1) is 17.7.